The van der Waals surface area contributed by atoms with Crippen LogP contribution in [0.15, 0.2) is 46.9 Å². The number of aliphatic hydroxyl groups is 1. The van der Waals surface area contributed by atoms with Gasteiger partial charge in [-0.3, -0.25) is 0 Å². The van der Waals surface area contributed by atoms with Crippen LogP contribution in [-0.2, 0) is 0 Å². The Morgan fingerprint density at radius 3 is 2.70 bits per heavy atom. The molecule has 0 bridgehead atoms. The molecule has 2 nitrogen and oxygen atoms in total. The number of halogens is 2. The van der Waals surface area contributed by atoms with Crippen LogP contribution in [0.1, 0.15) is 30.1 Å². The molecule has 1 aliphatic carbocycles. The molecule has 1 fully saturated rings. The Labute approximate surface area is 125 Å². The lowest BCUT2D eigenvalue weighted by Gasteiger charge is -2.14. The minimum absolute atomic E-state index is 0.253. The first-order valence-electron chi connectivity index (χ1n) is 6.54. The Hall–Kier alpha value is -1.39. The van der Waals surface area contributed by atoms with E-state index in [4.69, 9.17) is 4.74 Å². The third kappa shape index (κ3) is 2.86. The highest BCUT2D eigenvalue weighted by Crippen LogP contribution is 2.32. The summed E-state index contributed by atoms with van der Waals surface area (Å²) in [5, 5.41) is 10.4. The number of hydrogen-bond acceptors (Lipinski definition) is 2. The average Bonchev–Trinajstić information content (AvgIpc) is 3.25. The number of aliphatic hydroxyl groups excluding tert-OH is 1. The van der Waals surface area contributed by atoms with Crippen LogP contribution in [0.3, 0.4) is 0 Å². The Bertz CT molecular complexity index is 626. The van der Waals surface area contributed by atoms with Gasteiger partial charge in [0.1, 0.15) is 17.7 Å². The minimum Gasteiger partial charge on any atom is -0.490 e. The topological polar surface area (TPSA) is 29.5 Å². The molecule has 1 saturated carbocycles. The van der Waals surface area contributed by atoms with Gasteiger partial charge in [0.05, 0.1) is 10.6 Å². The van der Waals surface area contributed by atoms with Gasteiger partial charge in [-0.2, -0.15) is 0 Å². The monoisotopic (exact) mass is 336 g/mol. The van der Waals surface area contributed by atoms with Gasteiger partial charge in [-0.25, -0.2) is 4.39 Å². The molecule has 0 spiro atoms. The zero-order chi connectivity index (χ0) is 14.1. The highest BCUT2D eigenvalue weighted by atomic mass is 79.9. The summed E-state index contributed by atoms with van der Waals surface area (Å²) in [5.74, 6) is 0.285. The molecule has 0 aromatic heterocycles. The molecule has 3 rings (SSSR count). The molecule has 1 N–H and O–H groups in total. The number of benzene rings is 2. The van der Waals surface area contributed by atoms with Crippen molar-refractivity contribution in [3.63, 3.8) is 0 Å². The lowest BCUT2D eigenvalue weighted by Crippen LogP contribution is -2.04. The van der Waals surface area contributed by atoms with Gasteiger partial charge in [0, 0.05) is 5.56 Å². The summed E-state index contributed by atoms with van der Waals surface area (Å²) in [5.41, 5.74) is 0.878. The summed E-state index contributed by atoms with van der Waals surface area (Å²) in [7, 11) is 0. The van der Waals surface area contributed by atoms with E-state index < -0.39 is 11.9 Å². The molecule has 20 heavy (non-hydrogen) atoms. The molecule has 0 saturated heterocycles. The van der Waals surface area contributed by atoms with Crippen LogP contribution in [0.4, 0.5) is 4.39 Å². The van der Waals surface area contributed by atoms with Crippen LogP contribution in [0, 0.1) is 5.82 Å². The van der Waals surface area contributed by atoms with E-state index in [1.165, 1.54) is 0 Å². The van der Waals surface area contributed by atoms with Gasteiger partial charge in [-0.15, -0.1) is 0 Å². The van der Waals surface area contributed by atoms with Crippen molar-refractivity contribution in [3.05, 3.63) is 63.9 Å². The first kappa shape index (κ1) is 13.6. The van der Waals surface area contributed by atoms with E-state index in [1.54, 1.807) is 30.3 Å². The van der Waals surface area contributed by atoms with E-state index in [9.17, 15) is 9.50 Å². The van der Waals surface area contributed by atoms with E-state index in [2.05, 4.69) is 15.9 Å². The Balaban J connectivity index is 1.89. The Morgan fingerprint density at radius 2 is 1.95 bits per heavy atom. The molecule has 0 heterocycles. The fourth-order valence-corrected chi connectivity index (χ4v) is 2.43. The average molecular weight is 337 g/mol. The maximum atomic E-state index is 14.0. The fraction of sp³-hybridized carbons (Fsp3) is 0.250. The van der Waals surface area contributed by atoms with Gasteiger partial charge >= 0.3 is 0 Å². The van der Waals surface area contributed by atoms with Crippen molar-refractivity contribution in [1.29, 1.82) is 0 Å². The summed E-state index contributed by atoms with van der Waals surface area (Å²) in [6.45, 7) is 0. The number of ether oxygens (including phenoxy) is 1. The van der Waals surface area contributed by atoms with Gasteiger partial charge < -0.3 is 9.84 Å². The summed E-state index contributed by atoms with van der Waals surface area (Å²) >= 11 is 3.13. The van der Waals surface area contributed by atoms with E-state index in [-0.39, 0.29) is 5.56 Å². The predicted molar refractivity (Wildman–Crippen MR) is 78.3 cm³/mol. The van der Waals surface area contributed by atoms with Crippen molar-refractivity contribution in [2.24, 2.45) is 0 Å². The van der Waals surface area contributed by atoms with Gasteiger partial charge in [-0.05, 0) is 52.5 Å². The van der Waals surface area contributed by atoms with Crippen LogP contribution >= 0.6 is 15.9 Å². The highest BCUT2D eigenvalue weighted by molar-refractivity contribution is 9.10. The molecule has 1 atom stereocenters. The van der Waals surface area contributed by atoms with E-state index in [1.807, 2.05) is 12.1 Å². The van der Waals surface area contributed by atoms with Crippen LogP contribution in [-0.4, -0.2) is 11.2 Å². The quantitative estimate of drug-likeness (QED) is 0.906. The van der Waals surface area contributed by atoms with Crippen LogP contribution in [0.5, 0.6) is 5.75 Å². The third-order valence-corrected chi connectivity index (χ3v) is 3.89. The van der Waals surface area contributed by atoms with Gasteiger partial charge in [0.15, 0.2) is 0 Å². The first-order valence-corrected chi connectivity index (χ1v) is 7.33. The molecule has 104 valence electrons. The molecule has 2 aromatic rings. The van der Waals surface area contributed by atoms with E-state index in [0.29, 0.717) is 16.1 Å². The van der Waals surface area contributed by atoms with Crippen molar-refractivity contribution < 1.29 is 14.2 Å². The van der Waals surface area contributed by atoms with E-state index >= 15 is 0 Å². The normalized spacial score (nSPS) is 15.9. The predicted octanol–water partition coefficient (Wildman–Crippen LogP) is 4.21. The molecule has 1 unspecified atom stereocenters. The fourth-order valence-electron chi connectivity index (χ4n) is 2.05. The van der Waals surface area contributed by atoms with Crippen molar-refractivity contribution in [2.45, 2.75) is 25.0 Å². The largest absolute Gasteiger partial charge is 0.490 e. The first-order chi connectivity index (χ1) is 9.65. The number of hydrogen-bond donors (Lipinski definition) is 1. The SMILES string of the molecule is OC(c1cccc(OC2CC2)c1)c1cccc(Br)c1F. The van der Waals surface area contributed by atoms with E-state index in [0.717, 1.165) is 18.6 Å². The molecular weight excluding hydrogens is 323 g/mol. The zero-order valence-corrected chi connectivity index (χ0v) is 12.3. The second-order valence-corrected chi connectivity index (χ2v) is 5.79. The zero-order valence-electron chi connectivity index (χ0n) is 10.7. The van der Waals surface area contributed by atoms with Crippen molar-refractivity contribution in [3.8, 4) is 5.75 Å². The summed E-state index contributed by atoms with van der Waals surface area (Å²) in [6, 6.07) is 12.1. The van der Waals surface area contributed by atoms with Crippen molar-refractivity contribution >= 4 is 15.9 Å². The third-order valence-electron chi connectivity index (χ3n) is 3.28. The van der Waals surface area contributed by atoms with Gasteiger partial charge in [0.25, 0.3) is 0 Å². The smallest absolute Gasteiger partial charge is 0.143 e. The maximum absolute atomic E-state index is 14.0. The molecule has 0 amide bonds. The summed E-state index contributed by atoms with van der Waals surface area (Å²) in [4.78, 5) is 0. The van der Waals surface area contributed by atoms with Gasteiger partial charge in [-0.1, -0.05) is 24.3 Å². The maximum Gasteiger partial charge on any atom is 0.143 e. The Kier molecular flexibility index (Phi) is 3.76. The lowest BCUT2D eigenvalue weighted by atomic mass is 10.0. The van der Waals surface area contributed by atoms with Crippen molar-refractivity contribution in [1.82, 2.24) is 0 Å². The minimum atomic E-state index is -1.00. The molecule has 1 aliphatic rings. The molecule has 0 aliphatic heterocycles. The second-order valence-electron chi connectivity index (χ2n) is 4.94. The number of rotatable bonds is 4. The summed E-state index contributed by atoms with van der Waals surface area (Å²) < 4.78 is 20.1. The standard InChI is InChI=1S/C16H14BrFO2/c17-14-6-2-5-13(15(14)18)16(19)10-3-1-4-12(9-10)20-11-7-8-11/h1-6,9,11,16,19H,7-8H2. The molecule has 0 radical (unpaired) electrons. The highest BCUT2D eigenvalue weighted by Gasteiger charge is 2.24. The van der Waals surface area contributed by atoms with Crippen LogP contribution in [0.25, 0.3) is 0 Å². The second kappa shape index (κ2) is 5.54. The molecule has 2 aromatic carbocycles. The van der Waals surface area contributed by atoms with Gasteiger partial charge in [0.2, 0.25) is 0 Å². The van der Waals surface area contributed by atoms with Crippen LogP contribution < -0.4 is 4.74 Å². The summed E-state index contributed by atoms with van der Waals surface area (Å²) in [6.07, 6.45) is 1.44. The lowest BCUT2D eigenvalue weighted by molar-refractivity contribution is 0.213. The molecule has 4 heteroatoms. The Morgan fingerprint density at radius 1 is 1.20 bits per heavy atom. The van der Waals surface area contributed by atoms with Crippen LogP contribution in [0.2, 0.25) is 0 Å². The molecular formula is C16H14BrFO2. The van der Waals surface area contributed by atoms with Crippen molar-refractivity contribution in [2.75, 3.05) is 0 Å².